The number of carbonyl (C=O) groups is 1. The van der Waals surface area contributed by atoms with Gasteiger partial charge in [-0.1, -0.05) is 22.0 Å². The number of allylic oxidation sites excluding steroid dienone is 2. The van der Waals surface area contributed by atoms with Gasteiger partial charge in [0, 0.05) is 18.3 Å². The normalized spacial score (nSPS) is 60.7. The van der Waals surface area contributed by atoms with Crippen molar-refractivity contribution in [3.8, 4) is 0 Å². The molecule has 1 nitrogen and oxygen atoms in total. The summed E-state index contributed by atoms with van der Waals surface area (Å²) >= 11 is 3.65. The first kappa shape index (κ1) is 7.22. The van der Waals surface area contributed by atoms with E-state index in [9.17, 15) is 4.79 Å². The summed E-state index contributed by atoms with van der Waals surface area (Å²) in [6.07, 6.45) is 4.64. The monoisotopic (exact) mass is 238 g/mol. The molecule has 0 radical (unpaired) electrons. The lowest BCUT2D eigenvalue weighted by Crippen LogP contribution is -2.24. The minimum atomic E-state index is 0.416. The molecule has 0 spiro atoms. The molecule has 68 valence electrons. The van der Waals surface area contributed by atoms with Crippen molar-refractivity contribution in [3.05, 3.63) is 10.6 Å². The van der Waals surface area contributed by atoms with Crippen LogP contribution in [0.2, 0.25) is 0 Å². The van der Waals surface area contributed by atoms with Crippen LogP contribution in [0.5, 0.6) is 0 Å². The average Bonchev–Trinajstić information content (AvgIpc) is 2.67. The van der Waals surface area contributed by atoms with Crippen molar-refractivity contribution in [2.75, 3.05) is 0 Å². The predicted octanol–water partition coefficient (Wildman–Crippen LogP) is 2.37. The molecule has 0 aliphatic heterocycles. The Labute approximate surface area is 85.7 Å². The van der Waals surface area contributed by atoms with Gasteiger partial charge in [-0.2, -0.15) is 0 Å². The molecule has 0 aromatic carbocycles. The van der Waals surface area contributed by atoms with Crippen LogP contribution in [0, 0.1) is 35.5 Å². The van der Waals surface area contributed by atoms with Crippen LogP contribution in [0.15, 0.2) is 10.6 Å². The fraction of sp³-hybridized carbons (Fsp3) is 0.727. The van der Waals surface area contributed by atoms with Crippen LogP contribution in [0.1, 0.15) is 12.8 Å². The van der Waals surface area contributed by atoms with Gasteiger partial charge in [0.15, 0.2) is 0 Å². The Balaban J connectivity index is 1.96. The summed E-state index contributed by atoms with van der Waals surface area (Å²) < 4.78 is 1.35. The maximum atomic E-state index is 11.8. The summed E-state index contributed by atoms with van der Waals surface area (Å²) in [6, 6.07) is 0. The van der Waals surface area contributed by atoms with Gasteiger partial charge in [0.1, 0.15) is 5.78 Å². The van der Waals surface area contributed by atoms with E-state index in [1.807, 2.05) is 0 Å². The predicted molar refractivity (Wildman–Crippen MR) is 52.2 cm³/mol. The molecule has 2 heteroatoms. The highest BCUT2D eigenvalue weighted by Gasteiger charge is 2.66. The molecular weight excluding hydrogens is 228 g/mol. The molecule has 0 amide bonds. The van der Waals surface area contributed by atoms with Crippen LogP contribution in [0.25, 0.3) is 0 Å². The van der Waals surface area contributed by atoms with Gasteiger partial charge < -0.3 is 0 Å². The molecule has 0 heterocycles. The summed E-state index contributed by atoms with van der Waals surface area (Å²) in [5.41, 5.74) is 0. The van der Waals surface area contributed by atoms with E-state index in [1.54, 1.807) is 0 Å². The van der Waals surface area contributed by atoms with Crippen molar-refractivity contribution in [1.82, 2.24) is 0 Å². The number of Topliss-reactive ketones (excluding diaryl/α,β-unsaturated/α-hetero) is 1. The van der Waals surface area contributed by atoms with Gasteiger partial charge in [-0.3, -0.25) is 4.79 Å². The Morgan fingerprint density at radius 3 is 2.92 bits per heavy atom. The quantitative estimate of drug-likeness (QED) is 0.634. The molecule has 2 bridgehead atoms. The van der Waals surface area contributed by atoms with Gasteiger partial charge in [-0.05, 0) is 34.6 Å². The lowest BCUT2D eigenvalue weighted by Gasteiger charge is -2.25. The van der Waals surface area contributed by atoms with E-state index in [0.29, 0.717) is 17.6 Å². The molecule has 4 rings (SSSR count). The molecule has 3 fully saturated rings. The summed E-state index contributed by atoms with van der Waals surface area (Å²) in [4.78, 5) is 11.8. The fourth-order valence-electron chi connectivity index (χ4n) is 4.59. The highest BCUT2D eigenvalue weighted by atomic mass is 79.9. The maximum Gasteiger partial charge on any atom is 0.137 e. The van der Waals surface area contributed by atoms with E-state index < -0.39 is 0 Å². The van der Waals surface area contributed by atoms with E-state index in [2.05, 4.69) is 22.0 Å². The van der Waals surface area contributed by atoms with Crippen molar-refractivity contribution < 1.29 is 4.79 Å². The third-order valence-corrected chi connectivity index (χ3v) is 5.66. The second-order valence-corrected chi connectivity index (χ2v) is 5.99. The molecule has 4 aliphatic rings. The number of halogens is 1. The van der Waals surface area contributed by atoms with Crippen molar-refractivity contribution in [3.63, 3.8) is 0 Å². The van der Waals surface area contributed by atoms with E-state index in [-0.39, 0.29) is 0 Å². The highest BCUT2D eigenvalue weighted by molar-refractivity contribution is 9.11. The van der Waals surface area contributed by atoms with E-state index in [1.165, 1.54) is 10.9 Å². The Bertz CT molecular complexity index is 346. The third-order valence-electron chi connectivity index (χ3n) is 4.87. The molecule has 0 aromatic heterocycles. The second-order valence-electron chi connectivity index (χ2n) is 5.08. The van der Waals surface area contributed by atoms with Gasteiger partial charge >= 0.3 is 0 Å². The molecule has 0 aromatic rings. The average molecular weight is 239 g/mol. The zero-order valence-electron chi connectivity index (χ0n) is 7.24. The van der Waals surface area contributed by atoms with E-state index >= 15 is 0 Å². The van der Waals surface area contributed by atoms with Gasteiger partial charge in [0.05, 0.1) is 0 Å². The number of ketones is 1. The van der Waals surface area contributed by atoms with Crippen LogP contribution in [0.4, 0.5) is 0 Å². The van der Waals surface area contributed by atoms with E-state index in [4.69, 9.17) is 0 Å². The van der Waals surface area contributed by atoms with Crippen molar-refractivity contribution in [2.24, 2.45) is 35.5 Å². The highest BCUT2D eigenvalue weighted by Crippen LogP contribution is 2.69. The van der Waals surface area contributed by atoms with Gasteiger partial charge in [-0.15, -0.1) is 0 Å². The SMILES string of the molecule is O=C1C[C@H]2[C@H]3C=C(Br)[C@H]4[C@H]3C[C@H]2[C@H]14. The standard InChI is InChI=1S/C11H11BrO/c12-8-2-4-5-3-9(13)11-7(5)1-6(4)10(8)11/h2,4-7,10-11H,1,3H2/t4-,5+,6+,7-,10-,11-/m1/s1. The number of carbonyl (C=O) groups excluding carboxylic acids is 1. The number of hydrogen-bond donors (Lipinski definition) is 0. The molecular formula is C11H11BrO. The summed E-state index contributed by atoms with van der Waals surface area (Å²) in [5.74, 6) is 4.66. The van der Waals surface area contributed by atoms with Gasteiger partial charge in [0.2, 0.25) is 0 Å². The first-order valence-corrected chi connectivity index (χ1v) is 5.96. The molecule has 13 heavy (non-hydrogen) atoms. The zero-order valence-corrected chi connectivity index (χ0v) is 8.83. The Morgan fingerprint density at radius 1 is 1.23 bits per heavy atom. The molecule has 6 atom stereocenters. The Kier molecular flexibility index (Phi) is 1.08. The van der Waals surface area contributed by atoms with Crippen LogP contribution < -0.4 is 0 Å². The Hall–Kier alpha value is -0.110. The molecule has 4 aliphatic carbocycles. The van der Waals surface area contributed by atoms with Crippen LogP contribution in [-0.2, 0) is 4.79 Å². The fourth-order valence-corrected chi connectivity index (χ4v) is 5.52. The van der Waals surface area contributed by atoms with Crippen molar-refractivity contribution in [1.29, 1.82) is 0 Å². The van der Waals surface area contributed by atoms with Crippen molar-refractivity contribution >= 4 is 21.7 Å². The number of rotatable bonds is 0. The first-order valence-electron chi connectivity index (χ1n) is 5.17. The summed E-state index contributed by atoms with van der Waals surface area (Å²) in [5, 5.41) is 0. The minimum absolute atomic E-state index is 0.416. The number of fused-ring (bicyclic) bond motifs is 2. The second kappa shape index (κ2) is 1.95. The van der Waals surface area contributed by atoms with Crippen LogP contribution >= 0.6 is 15.9 Å². The number of hydrogen-bond acceptors (Lipinski definition) is 1. The van der Waals surface area contributed by atoms with Crippen LogP contribution in [-0.4, -0.2) is 5.78 Å². The minimum Gasteiger partial charge on any atom is -0.299 e. The summed E-state index contributed by atoms with van der Waals surface area (Å²) in [6.45, 7) is 0. The Morgan fingerprint density at radius 2 is 2.08 bits per heavy atom. The van der Waals surface area contributed by atoms with Crippen molar-refractivity contribution in [2.45, 2.75) is 12.8 Å². The third kappa shape index (κ3) is 0.604. The molecule has 0 saturated heterocycles. The largest absolute Gasteiger partial charge is 0.299 e. The lowest BCUT2D eigenvalue weighted by atomic mass is 9.79. The molecule has 3 saturated carbocycles. The lowest BCUT2D eigenvalue weighted by molar-refractivity contribution is -0.121. The zero-order chi connectivity index (χ0) is 8.74. The molecule has 0 unspecified atom stereocenters. The van der Waals surface area contributed by atoms with E-state index in [0.717, 1.165) is 30.1 Å². The smallest absolute Gasteiger partial charge is 0.137 e. The van der Waals surface area contributed by atoms with Crippen LogP contribution in [0.3, 0.4) is 0 Å². The first-order chi connectivity index (χ1) is 6.27. The molecule has 0 N–H and O–H groups in total. The topological polar surface area (TPSA) is 17.1 Å². The van der Waals surface area contributed by atoms with Gasteiger partial charge in [0.25, 0.3) is 0 Å². The van der Waals surface area contributed by atoms with Gasteiger partial charge in [-0.25, -0.2) is 0 Å². The maximum absolute atomic E-state index is 11.8. The summed E-state index contributed by atoms with van der Waals surface area (Å²) in [7, 11) is 0.